The Hall–Kier alpha value is -3.02. The average Bonchev–Trinajstić information content (AvgIpc) is 2.69. The van der Waals surface area contributed by atoms with Gasteiger partial charge in [-0.05, 0) is 31.2 Å². The van der Waals surface area contributed by atoms with Gasteiger partial charge in [-0.1, -0.05) is 13.5 Å². The van der Waals surface area contributed by atoms with Crippen LogP contribution >= 0.6 is 0 Å². The fourth-order valence-corrected chi connectivity index (χ4v) is 3.37. The van der Waals surface area contributed by atoms with Crippen LogP contribution in [0.15, 0.2) is 46.7 Å². The predicted molar refractivity (Wildman–Crippen MR) is 117 cm³/mol. The average molecular weight is 460 g/mol. The first-order chi connectivity index (χ1) is 14.4. The summed E-state index contributed by atoms with van der Waals surface area (Å²) in [7, 11) is -0.743. The third-order valence-corrected chi connectivity index (χ3v) is 5.06. The molecule has 0 bridgehead atoms. The second-order valence-electron chi connectivity index (χ2n) is 6.38. The molecule has 0 spiro atoms. The second-order valence-corrected chi connectivity index (χ2v) is 8.29. The van der Waals surface area contributed by atoms with Crippen molar-refractivity contribution in [2.24, 2.45) is 9.98 Å². The highest BCUT2D eigenvalue weighted by Gasteiger charge is 2.25. The zero-order valence-electron chi connectivity index (χ0n) is 18.0. The molecule has 1 N–H and O–H groups in total. The van der Waals surface area contributed by atoms with E-state index in [-0.39, 0.29) is 28.8 Å². The number of carbonyl (C=O) groups is 1. The zero-order valence-corrected chi connectivity index (χ0v) is 18.9. The summed E-state index contributed by atoms with van der Waals surface area (Å²) in [4.78, 5) is 22.9. The van der Waals surface area contributed by atoms with Crippen LogP contribution in [-0.4, -0.2) is 63.9 Å². The summed E-state index contributed by atoms with van der Waals surface area (Å²) in [5, 5.41) is 2.55. The number of hydrogen-bond donors (Lipinski definition) is 1. The lowest BCUT2D eigenvalue weighted by Gasteiger charge is -2.28. The number of rotatable bonds is 9. The Kier molecular flexibility index (Phi) is 9.56. The number of alkyl halides is 2. The van der Waals surface area contributed by atoms with Crippen LogP contribution in [0, 0.1) is 0 Å². The molecule has 0 radical (unpaired) electrons. The molecule has 0 fully saturated rings. The van der Waals surface area contributed by atoms with E-state index in [0.717, 1.165) is 11.2 Å². The van der Waals surface area contributed by atoms with Crippen molar-refractivity contribution in [1.82, 2.24) is 10.2 Å². The number of halogens is 2. The van der Waals surface area contributed by atoms with Gasteiger partial charge in [-0.15, -0.1) is 0 Å². The Labute approximate surface area is 181 Å². The van der Waals surface area contributed by atoms with Crippen molar-refractivity contribution in [1.29, 1.82) is 0 Å². The van der Waals surface area contributed by atoms with Crippen LogP contribution in [0.5, 0.6) is 5.75 Å². The number of aliphatic imine (C=N–C) groups is 2. The number of amides is 1. The summed E-state index contributed by atoms with van der Waals surface area (Å²) in [6.07, 6.45) is 1.97. The topological polar surface area (TPSA) is 104 Å². The molecule has 1 aromatic carbocycles. The molecule has 1 amide bonds. The van der Waals surface area contributed by atoms with Crippen LogP contribution < -0.4 is 15.0 Å². The number of hydrogen-bond acceptors (Lipinski definition) is 6. The monoisotopic (exact) mass is 459 g/mol. The standard InChI is InChI=1S/C19H27F2N5O4S/c1-7-17(27)26(15-8-10-16(11-9-15)30-18(20)21)14(3)24-19(31(6,28)29)25(5)13(2)23-12-22-4/h8-13,18H,3,7H2,1-2,4-6H3,(H,22,23). The fourth-order valence-electron chi connectivity index (χ4n) is 2.42. The van der Waals surface area contributed by atoms with Gasteiger partial charge in [-0.25, -0.2) is 13.4 Å². The number of nitrogens with zero attached hydrogens (tertiary/aromatic N) is 4. The summed E-state index contributed by atoms with van der Waals surface area (Å²) in [6.45, 7) is 4.08. The highest BCUT2D eigenvalue weighted by molar-refractivity contribution is 8.05. The minimum Gasteiger partial charge on any atom is -0.435 e. The summed E-state index contributed by atoms with van der Waals surface area (Å²) in [6, 6.07) is 5.26. The summed E-state index contributed by atoms with van der Waals surface area (Å²) < 4.78 is 53.8. The van der Waals surface area contributed by atoms with Gasteiger partial charge >= 0.3 is 6.61 Å². The molecule has 1 aromatic rings. The normalized spacial score (nSPS) is 13.2. The third-order valence-electron chi connectivity index (χ3n) is 4.01. The molecule has 172 valence electrons. The molecule has 31 heavy (non-hydrogen) atoms. The molecular formula is C19H27F2N5O4S. The van der Waals surface area contributed by atoms with Crippen molar-refractivity contribution in [3.8, 4) is 5.75 Å². The summed E-state index contributed by atoms with van der Waals surface area (Å²) in [5.74, 6) is -0.667. The number of nitrogens with one attached hydrogen (secondary N) is 1. The highest BCUT2D eigenvalue weighted by Crippen LogP contribution is 2.25. The Bertz CT molecular complexity index is 933. The van der Waals surface area contributed by atoms with Crippen molar-refractivity contribution in [3.63, 3.8) is 0 Å². The van der Waals surface area contributed by atoms with Crippen molar-refractivity contribution in [3.05, 3.63) is 36.7 Å². The van der Waals surface area contributed by atoms with Crippen molar-refractivity contribution in [2.75, 3.05) is 25.3 Å². The maximum absolute atomic E-state index is 12.5. The summed E-state index contributed by atoms with van der Waals surface area (Å²) in [5.41, 5.74) is 0.266. The number of amidine groups is 1. The first kappa shape index (κ1) is 26.0. The van der Waals surface area contributed by atoms with Gasteiger partial charge in [-0.3, -0.25) is 14.7 Å². The zero-order chi connectivity index (χ0) is 23.8. The van der Waals surface area contributed by atoms with Crippen LogP contribution in [-0.2, 0) is 14.6 Å². The highest BCUT2D eigenvalue weighted by atomic mass is 32.2. The molecule has 12 heteroatoms. The van der Waals surface area contributed by atoms with Crippen LogP contribution in [0.3, 0.4) is 0 Å². The van der Waals surface area contributed by atoms with Crippen LogP contribution in [0.25, 0.3) is 0 Å². The van der Waals surface area contributed by atoms with Crippen molar-refractivity contribution >= 4 is 32.9 Å². The molecule has 1 unspecified atom stereocenters. The molecule has 0 aromatic heterocycles. The first-order valence-corrected chi connectivity index (χ1v) is 11.1. The molecule has 1 rings (SSSR count). The van der Waals surface area contributed by atoms with Crippen LogP contribution in [0.1, 0.15) is 20.3 Å². The van der Waals surface area contributed by atoms with Gasteiger partial charge in [0.15, 0.2) is 0 Å². The largest absolute Gasteiger partial charge is 0.435 e. The first-order valence-electron chi connectivity index (χ1n) is 9.17. The molecular weight excluding hydrogens is 432 g/mol. The Morgan fingerprint density at radius 1 is 1.32 bits per heavy atom. The molecule has 0 aliphatic heterocycles. The van der Waals surface area contributed by atoms with E-state index in [2.05, 4.69) is 26.6 Å². The quantitative estimate of drug-likeness (QED) is 0.346. The van der Waals surface area contributed by atoms with Crippen LogP contribution in [0.4, 0.5) is 14.5 Å². The Morgan fingerprint density at radius 2 is 1.90 bits per heavy atom. The van der Waals surface area contributed by atoms with Crippen molar-refractivity contribution < 1.29 is 26.7 Å². The molecule has 0 saturated heterocycles. The molecule has 9 nitrogen and oxygen atoms in total. The maximum Gasteiger partial charge on any atom is 0.387 e. The molecule has 1 atom stereocenters. The lowest BCUT2D eigenvalue weighted by molar-refractivity contribution is -0.117. The Morgan fingerprint density at radius 3 is 2.35 bits per heavy atom. The minimum absolute atomic E-state index is 0.0682. The summed E-state index contributed by atoms with van der Waals surface area (Å²) >= 11 is 0. The van der Waals surface area contributed by atoms with E-state index in [1.165, 1.54) is 42.6 Å². The lowest BCUT2D eigenvalue weighted by Crippen LogP contribution is -2.47. The van der Waals surface area contributed by atoms with Gasteiger partial charge in [0.1, 0.15) is 11.6 Å². The smallest absolute Gasteiger partial charge is 0.387 e. The fraction of sp³-hybridized carbons (Fsp3) is 0.421. The number of benzene rings is 1. The van der Waals surface area contributed by atoms with E-state index in [1.807, 2.05) is 0 Å². The Balaban J connectivity index is 3.36. The predicted octanol–water partition coefficient (Wildman–Crippen LogP) is 2.43. The van der Waals surface area contributed by atoms with E-state index in [9.17, 15) is 22.0 Å². The van der Waals surface area contributed by atoms with E-state index in [4.69, 9.17) is 0 Å². The number of carbonyl (C=O) groups excluding carboxylic acids is 1. The molecule has 0 heterocycles. The van der Waals surface area contributed by atoms with Gasteiger partial charge in [0.25, 0.3) is 0 Å². The van der Waals surface area contributed by atoms with E-state index >= 15 is 0 Å². The molecule has 0 saturated carbocycles. The van der Waals surface area contributed by atoms with E-state index in [1.54, 1.807) is 20.9 Å². The molecule has 0 aliphatic carbocycles. The second kappa shape index (κ2) is 11.4. The van der Waals surface area contributed by atoms with E-state index in [0.29, 0.717) is 0 Å². The number of anilines is 1. The van der Waals surface area contributed by atoms with Gasteiger partial charge in [0.05, 0.1) is 18.2 Å². The van der Waals surface area contributed by atoms with Crippen molar-refractivity contribution in [2.45, 2.75) is 33.0 Å². The van der Waals surface area contributed by atoms with Crippen LogP contribution in [0.2, 0.25) is 0 Å². The third kappa shape index (κ3) is 7.63. The lowest BCUT2D eigenvalue weighted by atomic mass is 10.2. The number of ether oxygens (including phenoxy) is 1. The SMILES string of the molecule is C=C(N=C(N(C)C(C)NC=NC)S(C)(=O)=O)N(C(=O)CC)c1ccc(OC(F)F)cc1. The molecule has 0 aliphatic rings. The van der Waals surface area contributed by atoms with E-state index < -0.39 is 28.5 Å². The van der Waals surface area contributed by atoms with Gasteiger partial charge in [0.2, 0.25) is 20.9 Å². The van der Waals surface area contributed by atoms with Gasteiger partial charge in [0, 0.05) is 26.8 Å². The number of sulfone groups is 1. The minimum atomic E-state index is -3.81. The maximum atomic E-state index is 12.5. The van der Waals surface area contributed by atoms with Gasteiger partial charge in [-0.2, -0.15) is 8.78 Å². The van der Waals surface area contributed by atoms with Gasteiger partial charge < -0.3 is 15.0 Å².